The van der Waals surface area contributed by atoms with Gasteiger partial charge in [0.05, 0.1) is 0 Å². The van der Waals surface area contributed by atoms with E-state index in [0.29, 0.717) is 19.3 Å². The molecule has 0 N–H and O–H groups in total. The SMILES string of the molecule is CC/C=C\C/C=C\C/C=C\CCCCCCCCCC(=O)OCC(COC(=O)CCCCCCC/C=C\CCCCC)OC(=O)CCCCCCC/C=C\C/C=C\CCCC. The van der Waals surface area contributed by atoms with Gasteiger partial charge < -0.3 is 14.2 Å². The molecule has 0 fully saturated rings. The molecule has 0 aliphatic heterocycles. The Labute approximate surface area is 376 Å². The molecule has 350 valence electrons. The fraction of sp³-hybridized carbons (Fsp3) is 0.727. The van der Waals surface area contributed by atoms with Crippen LogP contribution in [0.2, 0.25) is 0 Å². The Kier molecular flexibility index (Phi) is 46.9. The number of ether oxygens (including phenoxy) is 3. The van der Waals surface area contributed by atoms with Gasteiger partial charge in [0, 0.05) is 19.3 Å². The standard InChI is InChI=1S/C55H94O6/c1-4-7-10-13-16-19-22-25-27-28-29-31-33-36-39-42-45-48-54(57)60-51-52(50-59-53(56)47-44-41-38-35-32-24-21-18-15-12-9-6-3)61-55(58)49-46-43-40-37-34-30-26-23-20-17-14-11-8-5-2/h7,10,14,16-19,21,23,25-27,52H,4-6,8-9,11-13,15,20,22,24,28-51H2,1-3H3/b10-7-,17-14-,19-16-,21-18-,26-23-,27-25-. The first kappa shape index (κ1) is 57.9. The molecule has 0 heterocycles. The molecule has 0 aromatic heterocycles. The summed E-state index contributed by atoms with van der Waals surface area (Å²) >= 11 is 0. The minimum absolute atomic E-state index is 0.0890. The highest BCUT2D eigenvalue weighted by Gasteiger charge is 2.19. The highest BCUT2D eigenvalue weighted by molar-refractivity contribution is 5.71. The summed E-state index contributed by atoms with van der Waals surface area (Å²) in [7, 11) is 0. The molecule has 0 aromatic carbocycles. The summed E-state index contributed by atoms with van der Waals surface area (Å²) in [4.78, 5) is 37.9. The van der Waals surface area contributed by atoms with Gasteiger partial charge in [-0.3, -0.25) is 14.4 Å². The molecule has 0 aliphatic carbocycles. The van der Waals surface area contributed by atoms with Crippen LogP contribution in [0.5, 0.6) is 0 Å². The van der Waals surface area contributed by atoms with E-state index in [1.54, 1.807) is 0 Å². The molecule has 0 saturated carbocycles. The summed E-state index contributed by atoms with van der Waals surface area (Å²) < 4.78 is 16.8. The Hall–Kier alpha value is -3.15. The van der Waals surface area contributed by atoms with Crippen molar-refractivity contribution in [3.63, 3.8) is 0 Å². The average molecular weight is 851 g/mol. The number of carbonyl (C=O) groups excluding carboxylic acids is 3. The highest BCUT2D eigenvalue weighted by atomic mass is 16.6. The zero-order valence-electron chi connectivity index (χ0n) is 39.9. The Balaban J connectivity index is 4.41. The van der Waals surface area contributed by atoms with E-state index in [0.717, 1.165) is 116 Å². The van der Waals surface area contributed by atoms with Crippen molar-refractivity contribution in [2.45, 2.75) is 245 Å². The van der Waals surface area contributed by atoms with Gasteiger partial charge in [-0.2, -0.15) is 0 Å². The largest absolute Gasteiger partial charge is 0.462 e. The van der Waals surface area contributed by atoms with Crippen LogP contribution in [0.3, 0.4) is 0 Å². The third-order valence-corrected chi connectivity index (χ3v) is 10.7. The molecule has 6 nitrogen and oxygen atoms in total. The van der Waals surface area contributed by atoms with E-state index in [-0.39, 0.29) is 31.1 Å². The van der Waals surface area contributed by atoms with Crippen LogP contribution in [-0.4, -0.2) is 37.2 Å². The lowest BCUT2D eigenvalue weighted by atomic mass is 10.1. The molecule has 0 bridgehead atoms. The van der Waals surface area contributed by atoms with Crippen molar-refractivity contribution in [3.05, 3.63) is 72.9 Å². The first-order valence-electron chi connectivity index (χ1n) is 25.4. The zero-order valence-corrected chi connectivity index (χ0v) is 39.9. The van der Waals surface area contributed by atoms with Gasteiger partial charge in [0.2, 0.25) is 0 Å². The number of hydrogen-bond acceptors (Lipinski definition) is 6. The molecule has 0 aromatic rings. The van der Waals surface area contributed by atoms with Crippen molar-refractivity contribution in [3.8, 4) is 0 Å². The van der Waals surface area contributed by atoms with Gasteiger partial charge in [0.15, 0.2) is 6.10 Å². The lowest BCUT2D eigenvalue weighted by Gasteiger charge is -2.18. The van der Waals surface area contributed by atoms with Crippen molar-refractivity contribution < 1.29 is 28.6 Å². The van der Waals surface area contributed by atoms with Gasteiger partial charge in [0.1, 0.15) is 13.2 Å². The van der Waals surface area contributed by atoms with Crippen LogP contribution in [0, 0.1) is 0 Å². The maximum Gasteiger partial charge on any atom is 0.306 e. The fourth-order valence-electron chi connectivity index (χ4n) is 6.82. The quantitative estimate of drug-likeness (QED) is 0.0263. The normalized spacial score (nSPS) is 12.6. The van der Waals surface area contributed by atoms with Crippen molar-refractivity contribution in [2.75, 3.05) is 13.2 Å². The van der Waals surface area contributed by atoms with Crippen LogP contribution >= 0.6 is 0 Å². The van der Waals surface area contributed by atoms with Crippen molar-refractivity contribution in [1.82, 2.24) is 0 Å². The summed E-state index contributed by atoms with van der Waals surface area (Å²) in [5.41, 5.74) is 0. The second-order valence-corrected chi connectivity index (χ2v) is 16.7. The first-order chi connectivity index (χ1) is 30.0. The van der Waals surface area contributed by atoms with Gasteiger partial charge in [0.25, 0.3) is 0 Å². The zero-order chi connectivity index (χ0) is 44.4. The summed E-state index contributed by atoms with van der Waals surface area (Å²) in [5, 5.41) is 0. The van der Waals surface area contributed by atoms with Crippen LogP contribution < -0.4 is 0 Å². The van der Waals surface area contributed by atoms with E-state index < -0.39 is 6.10 Å². The van der Waals surface area contributed by atoms with Gasteiger partial charge in [-0.25, -0.2) is 0 Å². The minimum Gasteiger partial charge on any atom is -0.462 e. The van der Waals surface area contributed by atoms with Gasteiger partial charge in [-0.15, -0.1) is 0 Å². The van der Waals surface area contributed by atoms with Crippen LogP contribution in [0.1, 0.15) is 239 Å². The molecule has 0 spiro atoms. The van der Waals surface area contributed by atoms with E-state index in [9.17, 15) is 14.4 Å². The van der Waals surface area contributed by atoms with E-state index in [1.807, 2.05) is 0 Å². The number of rotatable bonds is 45. The summed E-state index contributed by atoms with van der Waals surface area (Å²) in [6.07, 6.45) is 61.6. The predicted molar refractivity (Wildman–Crippen MR) is 261 cm³/mol. The average Bonchev–Trinajstić information content (AvgIpc) is 3.26. The van der Waals surface area contributed by atoms with Gasteiger partial charge in [-0.1, -0.05) is 190 Å². The lowest BCUT2D eigenvalue weighted by molar-refractivity contribution is -0.167. The molecular formula is C55H94O6. The Morgan fingerprint density at radius 1 is 0.344 bits per heavy atom. The number of allylic oxidation sites excluding steroid dienone is 12. The second kappa shape index (κ2) is 49.5. The number of hydrogen-bond donors (Lipinski definition) is 0. The van der Waals surface area contributed by atoms with Crippen LogP contribution in [0.25, 0.3) is 0 Å². The van der Waals surface area contributed by atoms with E-state index >= 15 is 0 Å². The Morgan fingerprint density at radius 2 is 0.656 bits per heavy atom. The molecule has 0 saturated heterocycles. The third-order valence-electron chi connectivity index (χ3n) is 10.7. The molecule has 0 aliphatic rings. The summed E-state index contributed by atoms with van der Waals surface area (Å²) in [6.45, 7) is 6.43. The molecular weight excluding hydrogens is 757 g/mol. The predicted octanol–water partition coefficient (Wildman–Crippen LogP) is 16.6. The summed E-state index contributed by atoms with van der Waals surface area (Å²) in [6, 6.07) is 0. The van der Waals surface area contributed by atoms with Crippen LogP contribution in [-0.2, 0) is 28.6 Å². The molecule has 61 heavy (non-hydrogen) atoms. The topological polar surface area (TPSA) is 78.9 Å². The van der Waals surface area contributed by atoms with Crippen LogP contribution in [0.4, 0.5) is 0 Å². The minimum atomic E-state index is -0.789. The maximum absolute atomic E-state index is 12.8. The fourth-order valence-corrected chi connectivity index (χ4v) is 6.82. The molecule has 0 amide bonds. The van der Waals surface area contributed by atoms with E-state index in [4.69, 9.17) is 14.2 Å². The lowest BCUT2D eigenvalue weighted by Crippen LogP contribution is -2.30. The first-order valence-corrected chi connectivity index (χ1v) is 25.4. The Morgan fingerprint density at radius 3 is 1.07 bits per heavy atom. The highest BCUT2D eigenvalue weighted by Crippen LogP contribution is 2.14. The third kappa shape index (κ3) is 47.7. The van der Waals surface area contributed by atoms with Gasteiger partial charge >= 0.3 is 17.9 Å². The molecule has 1 unspecified atom stereocenters. The van der Waals surface area contributed by atoms with Crippen molar-refractivity contribution in [2.24, 2.45) is 0 Å². The van der Waals surface area contributed by atoms with Crippen molar-refractivity contribution in [1.29, 1.82) is 0 Å². The number of unbranched alkanes of at least 4 members (excludes halogenated alkanes) is 22. The monoisotopic (exact) mass is 851 g/mol. The van der Waals surface area contributed by atoms with Crippen LogP contribution in [0.15, 0.2) is 72.9 Å². The molecule has 1 atom stereocenters. The van der Waals surface area contributed by atoms with Crippen molar-refractivity contribution >= 4 is 17.9 Å². The Bertz CT molecular complexity index is 1160. The maximum atomic E-state index is 12.8. The molecule has 0 radical (unpaired) electrons. The summed E-state index contributed by atoms with van der Waals surface area (Å²) in [5.74, 6) is -0.921. The number of esters is 3. The second-order valence-electron chi connectivity index (χ2n) is 16.7. The van der Waals surface area contributed by atoms with E-state index in [2.05, 4.69) is 93.7 Å². The smallest absolute Gasteiger partial charge is 0.306 e. The van der Waals surface area contributed by atoms with E-state index in [1.165, 1.54) is 83.5 Å². The molecule has 6 heteroatoms. The molecule has 0 rings (SSSR count). The number of carbonyl (C=O) groups is 3. The van der Waals surface area contributed by atoms with Gasteiger partial charge in [-0.05, 0) is 103 Å².